The lowest BCUT2D eigenvalue weighted by molar-refractivity contribution is 0.204. The highest BCUT2D eigenvalue weighted by molar-refractivity contribution is 5.39. The summed E-state index contributed by atoms with van der Waals surface area (Å²) >= 11 is 0. The fourth-order valence-corrected chi connectivity index (χ4v) is 2.07. The molecule has 5 nitrogen and oxygen atoms in total. The molecule has 0 saturated heterocycles. The predicted molar refractivity (Wildman–Crippen MR) is 76.3 cm³/mol. The van der Waals surface area contributed by atoms with Crippen LogP contribution in [0.15, 0.2) is 12.4 Å². The molecule has 0 spiro atoms. The van der Waals surface area contributed by atoms with E-state index in [4.69, 9.17) is 9.72 Å². The maximum atomic E-state index is 5.18. The molecule has 1 heterocycles. The van der Waals surface area contributed by atoms with E-state index in [1.807, 2.05) is 12.4 Å². The first kappa shape index (κ1) is 14.2. The van der Waals surface area contributed by atoms with Gasteiger partial charge in [0.2, 0.25) is 0 Å². The van der Waals surface area contributed by atoms with Gasteiger partial charge in [-0.05, 0) is 25.8 Å². The third-order valence-electron chi connectivity index (χ3n) is 3.22. The fourth-order valence-electron chi connectivity index (χ4n) is 2.07. The number of methoxy groups -OCH3 is 1. The van der Waals surface area contributed by atoms with E-state index in [9.17, 15) is 0 Å². The summed E-state index contributed by atoms with van der Waals surface area (Å²) in [6, 6.07) is 0.628. The zero-order chi connectivity index (χ0) is 13.5. The van der Waals surface area contributed by atoms with E-state index >= 15 is 0 Å². The predicted octanol–water partition coefficient (Wildman–Crippen LogP) is 1.59. The molecule has 1 aliphatic rings. The topological polar surface area (TPSA) is 50.3 Å². The van der Waals surface area contributed by atoms with Gasteiger partial charge in [0.05, 0.1) is 18.5 Å². The largest absolute Gasteiger partial charge is 0.383 e. The van der Waals surface area contributed by atoms with Gasteiger partial charge in [-0.1, -0.05) is 6.92 Å². The highest BCUT2D eigenvalue weighted by atomic mass is 16.5. The summed E-state index contributed by atoms with van der Waals surface area (Å²) in [6.07, 6.45) is 7.34. The Balaban J connectivity index is 1.98. The van der Waals surface area contributed by atoms with Crippen LogP contribution in [0.3, 0.4) is 0 Å². The molecule has 1 fully saturated rings. The summed E-state index contributed by atoms with van der Waals surface area (Å²) in [5.74, 6) is 0.982. The van der Waals surface area contributed by atoms with Crippen LogP contribution < -0.4 is 10.2 Å². The van der Waals surface area contributed by atoms with Gasteiger partial charge in [-0.2, -0.15) is 0 Å². The van der Waals surface area contributed by atoms with Crippen molar-refractivity contribution < 1.29 is 4.74 Å². The van der Waals surface area contributed by atoms with Crippen molar-refractivity contribution in [1.82, 2.24) is 15.3 Å². The molecule has 106 valence electrons. The average molecular weight is 264 g/mol. The van der Waals surface area contributed by atoms with E-state index in [2.05, 4.69) is 22.1 Å². The number of nitrogens with zero attached hydrogens (tertiary/aromatic N) is 3. The van der Waals surface area contributed by atoms with Gasteiger partial charge in [0, 0.05) is 32.4 Å². The number of aromatic nitrogens is 2. The van der Waals surface area contributed by atoms with Gasteiger partial charge >= 0.3 is 0 Å². The first-order valence-corrected chi connectivity index (χ1v) is 7.12. The molecule has 1 aromatic rings. The zero-order valence-electron chi connectivity index (χ0n) is 11.9. The lowest BCUT2D eigenvalue weighted by Gasteiger charge is -2.23. The number of rotatable bonds is 9. The van der Waals surface area contributed by atoms with Crippen LogP contribution in [0.4, 0.5) is 5.82 Å². The SMILES string of the molecule is CCCNCc1cncc(N(CCOC)C2CC2)n1. The van der Waals surface area contributed by atoms with E-state index in [1.165, 1.54) is 12.8 Å². The smallest absolute Gasteiger partial charge is 0.147 e. The van der Waals surface area contributed by atoms with Crippen LogP contribution in [-0.4, -0.2) is 42.8 Å². The van der Waals surface area contributed by atoms with E-state index in [-0.39, 0.29) is 0 Å². The monoisotopic (exact) mass is 264 g/mol. The van der Waals surface area contributed by atoms with Crippen LogP contribution in [0.1, 0.15) is 31.9 Å². The molecule has 0 radical (unpaired) electrons. The quantitative estimate of drug-likeness (QED) is 0.686. The lowest BCUT2D eigenvalue weighted by Crippen LogP contribution is -2.30. The zero-order valence-corrected chi connectivity index (χ0v) is 11.9. The van der Waals surface area contributed by atoms with Gasteiger partial charge in [-0.15, -0.1) is 0 Å². The van der Waals surface area contributed by atoms with Crippen LogP contribution in [0.25, 0.3) is 0 Å². The van der Waals surface area contributed by atoms with Gasteiger partial charge in [0.1, 0.15) is 5.82 Å². The second-order valence-electron chi connectivity index (χ2n) is 4.96. The Morgan fingerprint density at radius 2 is 2.26 bits per heavy atom. The minimum Gasteiger partial charge on any atom is -0.383 e. The standard InChI is InChI=1S/C14H24N4O/c1-3-6-15-9-12-10-16-11-14(17-12)18(7-8-19-2)13-4-5-13/h10-11,13,15H,3-9H2,1-2H3. The first-order chi connectivity index (χ1) is 9.35. The van der Waals surface area contributed by atoms with Crippen LogP contribution in [-0.2, 0) is 11.3 Å². The number of hydrogen-bond donors (Lipinski definition) is 1. The summed E-state index contributed by atoms with van der Waals surface area (Å²) in [5, 5.41) is 3.36. The van der Waals surface area contributed by atoms with Gasteiger partial charge < -0.3 is 15.0 Å². The summed E-state index contributed by atoms with van der Waals surface area (Å²) in [6.45, 7) is 5.59. The fraction of sp³-hybridized carbons (Fsp3) is 0.714. The minimum atomic E-state index is 0.628. The molecule has 2 rings (SSSR count). The van der Waals surface area contributed by atoms with Gasteiger partial charge in [0.15, 0.2) is 0 Å². The molecule has 1 aliphatic carbocycles. The molecule has 0 aromatic carbocycles. The molecule has 0 aliphatic heterocycles. The molecule has 5 heteroatoms. The second-order valence-corrected chi connectivity index (χ2v) is 4.96. The summed E-state index contributed by atoms with van der Waals surface area (Å²) < 4.78 is 5.18. The number of nitrogens with one attached hydrogen (secondary N) is 1. The summed E-state index contributed by atoms with van der Waals surface area (Å²) in [7, 11) is 1.74. The van der Waals surface area contributed by atoms with Crippen LogP contribution in [0.2, 0.25) is 0 Å². The van der Waals surface area contributed by atoms with Gasteiger partial charge in [0.25, 0.3) is 0 Å². The van der Waals surface area contributed by atoms with Crippen molar-refractivity contribution in [2.24, 2.45) is 0 Å². The Bertz CT molecular complexity index is 381. The van der Waals surface area contributed by atoms with Crippen LogP contribution >= 0.6 is 0 Å². The lowest BCUT2D eigenvalue weighted by atomic mass is 10.4. The van der Waals surface area contributed by atoms with Crippen molar-refractivity contribution in [2.45, 2.75) is 38.8 Å². The summed E-state index contributed by atoms with van der Waals surface area (Å²) in [4.78, 5) is 11.3. The minimum absolute atomic E-state index is 0.628. The third-order valence-corrected chi connectivity index (χ3v) is 3.22. The molecular weight excluding hydrogens is 240 g/mol. The molecule has 0 atom stereocenters. The van der Waals surface area contributed by atoms with Crippen molar-refractivity contribution in [3.05, 3.63) is 18.1 Å². The number of hydrogen-bond acceptors (Lipinski definition) is 5. The van der Waals surface area contributed by atoms with Crippen molar-refractivity contribution in [2.75, 3.05) is 31.7 Å². The van der Waals surface area contributed by atoms with Crippen LogP contribution in [0.5, 0.6) is 0 Å². The van der Waals surface area contributed by atoms with Crippen molar-refractivity contribution in [3.63, 3.8) is 0 Å². The molecule has 1 aromatic heterocycles. The van der Waals surface area contributed by atoms with E-state index in [1.54, 1.807) is 7.11 Å². The molecule has 0 bridgehead atoms. The Morgan fingerprint density at radius 1 is 1.42 bits per heavy atom. The van der Waals surface area contributed by atoms with E-state index in [0.29, 0.717) is 6.04 Å². The Labute approximate surface area is 115 Å². The van der Waals surface area contributed by atoms with E-state index in [0.717, 1.165) is 44.2 Å². The maximum absolute atomic E-state index is 5.18. The molecule has 19 heavy (non-hydrogen) atoms. The van der Waals surface area contributed by atoms with Crippen LogP contribution in [0, 0.1) is 0 Å². The van der Waals surface area contributed by atoms with Crippen molar-refractivity contribution in [3.8, 4) is 0 Å². The molecular formula is C14H24N4O. The van der Waals surface area contributed by atoms with Gasteiger partial charge in [-0.3, -0.25) is 4.98 Å². The Kier molecular flexibility index (Phi) is 5.54. The number of anilines is 1. The Hall–Kier alpha value is -1.20. The average Bonchev–Trinajstić information content (AvgIpc) is 3.25. The van der Waals surface area contributed by atoms with Crippen molar-refractivity contribution in [1.29, 1.82) is 0 Å². The number of ether oxygens (including phenoxy) is 1. The normalized spacial score (nSPS) is 14.6. The highest BCUT2D eigenvalue weighted by Gasteiger charge is 2.29. The van der Waals surface area contributed by atoms with Crippen molar-refractivity contribution >= 4 is 5.82 Å². The third kappa shape index (κ3) is 4.44. The first-order valence-electron chi connectivity index (χ1n) is 7.12. The van der Waals surface area contributed by atoms with E-state index < -0.39 is 0 Å². The second kappa shape index (κ2) is 7.40. The molecule has 0 amide bonds. The molecule has 1 N–H and O–H groups in total. The molecule has 1 saturated carbocycles. The summed E-state index contributed by atoms with van der Waals surface area (Å²) in [5.41, 5.74) is 1.01. The van der Waals surface area contributed by atoms with Gasteiger partial charge in [-0.25, -0.2) is 4.98 Å². The Morgan fingerprint density at radius 3 is 2.95 bits per heavy atom. The highest BCUT2D eigenvalue weighted by Crippen LogP contribution is 2.30. The molecule has 0 unspecified atom stereocenters. The maximum Gasteiger partial charge on any atom is 0.147 e.